The van der Waals surface area contributed by atoms with Gasteiger partial charge >= 0.3 is 0 Å². The third-order valence-electron chi connectivity index (χ3n) is 3.19. The second-order valence-corrected chi connectivity index (χ2v) is 8.12. The molecule has 0 fully saturated rings. The number of allylic oxidation sites excluding steroid dienone is 1. The maximum absolute atomic E-state index is 11.7. The van der Waals surface area contributed by atoms with E-state index in [1.165, 1.54) is 32.1 Å². The first-order valence-corrected chi connectivity index (χ1v) is 8.84. The molecule has 0 saturated heterocycles. The lowest BCUT2D eigenvalue weighted by Crippen LogP contribution is -2.01. The van der Waals surface area contributed by atoms with Gasteiger partial charge in [0.1, 0.15) is 0 Å². The van der Waals surface area contributed by atoms with E-state index in [2.05, 4.69) is 6.58 Å². The summed E-state index contributed by atoms with van der Waals surface area (Å²) in [5.74, 6) is 0. The molecular weight excluding hydrogens is 231 g/mol. The second-order valence-electron chi connectivity index (χ2n) is 5.13. The van der Waals surface area contributed by atoms with Crippen LogP contribution in [-0.2, 0) is 4.57 Å². The SMILES string of the molecule is C=CCCCCCCCCCP(=O)(O)C(C)C. The predicted molar refractivity (Wildman–Crippen MR) is 77.0 cm³/mol. The summed E-state index contributed by atoms with van der Waals surface area (Å²) in [6, 6.07) is 0. The molecule has 3 heteroatoms. The van der Waals surface area contributed by atoms with E-state index in [9.17, 15) is 9.46 Å². The standard InChI is InChI=1S/C14H29O2P/c1-4-5-6-7-8-9-10-11-12-13-17(15,16)14(2)3/h4,14H,1,5-13H2,2-3H3,(H,15,16). The monoisotopic (exact) mass is 260 g/mol. The van der Waals surface area contributed by atoms with E-state index >= 15 is 0 Å². The lowest BCUT2D eigenvalue weighted by Gasteiger charge is -2.14. The molecule has 0 aromatic rings. The fraction of sp³-hybridized carbons (Fsp3) is 0.857. The zero-order valence-corrected chi connectivity index (χ0v) is 12.4. The first-order valence-electron chi connectivity index (χ1n) is 6.93. The molecule has 0 rings (SSSR count). The number of hydrogen-bond donors (Lipinski definition) is 1. The minimum atomic E-state index is -2.85. The fourth-order valence-electron chi connectivity index (χ4n) is 1.77. The summed E-state index contributed by atoms with van der Waals surface area (Å²) in [6.45, 7) is 7.37. The van der Waals surface area contributed by atoms with Gasteiger partial charge in [-0.15, -0.1) is 6.58 Å². The minimum absolute atomic E-state index is 0.0820. The molecule has 0 aliphatic rings. The van der Waals surface area contributed by atoms with Gasteiger partial charge in [-0.1, -0.05) is 52.0 Å². The van der Waals surface area contributed by atoms with Gasteiger partial charge in [0.15, 0.2) is 0 Å². The molecule has 1 unspecified atom stereocenters. The van der Waals surface area contributed by atoms with Gasteiger partial charge < -0.3 is 4.89 Å². The van der Waals surface area contributed by atoms with Gasteiger partial charge in [-0.05, 0) is 19.3 Å². The van der Waals surface area contributed by atoms with Gasteiger partial charge in [-0.25, -0.2) is 0 Å². The van der Waals surface area contributed by atoms with Gasteiger partial charge in [0.05, 0.1) is 0 Å². The lowest BCUT2D eigenvalue weighted by molar-refractivity contribution is 0.464. The van der Waals surface area contributed by atoms with E-state index in [1.54, 1.807) is 0 Å². The van der Waals surface area contributed by atoms with Crippen LogP contribution in [0.25, 0.3) is 0 Å². The van der Waals surface area contributed by atoms with Gasteiger partial charge in [0.25, 0.3) is 0 Å². The van der Waals surface area contributed by atoms with Crippen LogP contribution in [0.4, 0.5) is 0 Å². The van der Waals surface area contributed by atoms with Crippen LogP contribution in [0.5, 0.6) is 0 Å². The van der Waals surface area contributed by atoms with Crippen molar-refractivity contribution in [2.45, 2.75) is 70.9 Å². The molecule has 0 aliphatic heterocycles. The molecule has 1 N–H and O–H groups in total. The summed E-state index contributed by atoms with van der Waals surface area (Å²) in [5, 5.41) is 0. The molecular formula is C14H29O2P. The van der Waals surface area contributed by atoms with Gasteiger partial charge in [-0.3, -0.25) is 4.57 Å². The van der Waals surface area contributed by atoms with Crippen molar-refractivity contribution in [1.82, 2.24) is 0 Å². The third kappa shape index (κ3) is 9.62. The van der Waals surface area contributed by atoms with Crippen molar-refractivity contribution in [3.8, 4) is 0 Å². The molecule has 0 aliphatic carbocycles. The van der Waals surface area contributed by atoms with E-state index in [0.29, 0.717) is 6.16 Å². The quantitative estimate of drug-likeness (QED) is 0.323. The first kappa shape index (κ1) is 16.9. The van der Waals surface area contributed by atoms with E-state index in [4.69, 9.17) is 0 Å². The van der Waals surface area contributed by atoms with E-state index in [-0.39, 0.29) is 5.66 Å². The summed E-state index contributed by atoms with van der Waals surface area (Å²) in [6.07, 6.45) is 11.9. The van der Waals surface area contributed by atoms with Gasteiger partial charge in [0, 0.05) is 11.8 Å². The predicted octanol–water partition coefficient (Wildman–Crippen LogP) is 4.97. The second kappa shape index (κ2) is 9.91. The Kier molecular flexibility index (Phi) is 9.87. The van der Waals surface area contributed by atoms with Crippen LogP contribution in [0.1, 0.15) is 65.2 Å². The van der Waals surface area contributed by atoms with Crippen LogP contribution in [0.3, 0.4) is 0 Å². The normalized spacial score (nSPS) is 14.8. The highest BCUT2D eigenvalue weighted by Crippen LogP contribution is 2.46. The van der Waals surface area contributed by atoms with Crippen molar-refractivity contribution in [1.29, 1.82) is 0 Å². The van der Waals surface area contributed by atoms with E-state index < -0.39 is 7.37 Å². The Morgan fingerprint density at radius 1 is 1.06 bits per heavy atom. The minimum Gasteiger partial charge on any atom is -0.344 e. The Morgan fingerprint density at radius 2 is 1.53 bits per heavy atom. The van der Waals surface area contributed by atoms with Crippen LogP contribution in [0.15, 0.2) is 12.7 Å². The van der Waals surface area contributed by atoms with Gasteiger partial charge in [-0.2, -0.15) is 0 Å². The smallest absolute Gasteiger partial charge is 0.203 e. The largest absolute Gasteiger partial charge is 0.344 e. The van der Waals surface area contributed by atoms with E-state index in [1.807, 2.05) is 19.9 Å². The van der Waals surface area contributed by atoms with Crippen molar-refractivity contribution < 1.29 is 9.46 Å². The Hall–Kier alpha value is -0.0700. The van der Waals surface area contributed by atoms with Crippen molar-refractivity contribution in [2.24, 2.45) is 0 Å². The molecule has 0 heterocycles. The first-order chi connectivity index (χ1) is 8.00. The maximum Gasteiger partial charge on any atom is 0.203 e. The van der Waals surface area contributed by atoms with Gasteiger partial charge in [0.2, 0.25) is 7.37 Å². The summed E-state index contributed by atoms with van der Waals surface area (Å²) in [4.78, 5) is 9.64. The molecule has 0 radical (unpaired) electrons. The number of unbranched alkanes of at least 4 members (excludes halogenated alkanes) is 7. The Bertz CT molecular complexity index is 236. The Balaban J connectivity index is 3.29. The topological polar surface area (TPSA) is 37.3 Å². The molecule has 17 heavy (non-hydrogen) atoms. The molecule has 0 aromatic carbocycles. The van der Waals surface area contributed by atoms with Crippen LogP contribution >= 0.6 is 7.37 Å². The molecule has 0 spiro atoms. The number of hydrogen-bond acceptors (Lipinski definition) is 1. The maximum atomic E-state index is 11.7. The molecule has 0 saturated carbocycles. The zero-order chi connectivity index (χ0) is 13.1. The molecule has 0 bridgehead atoms. The molecule has 2 nitrogen and oxygen atoms in total. The van der Waals surface area contributed by atoms with Crippen molar-refractivity contribution in [3.63, 3.8) is 0 Å². The highest BCUT2D eigenvalue weighted by molar-refractivity contribution is 7.58. The van der Waals surface area contributed by atoms with Crippen LogP contribution < -0.4 is 0 Å². The summed E-state index contributed by atoms with van der Waals surface area (Å²) >= 11 is 0. The Morgan fingerprint density at radius 3 is 2.00 bits per heavy atom. The summed E-state index contributed by atoms with van der Waals surface area (Å²) in [5.41, 5.74) is -0.0820. The van der Waals surface area contributed by atoms with Crippen LogP contribution in [0.2, 0.25) is 0 Å². The zero-order valence-electron chi connectivity index (χ0n) is 11.5. The summed E-state index contributed by atoms with van der Waals surface area (Å²) in [7, 11) is -2.85. The van der Waals surface area contributed by atoms with E-state index in [0.717, 1.165) is 19.3 Å². The average molecular weight is 260 g/mol. The Labute approximate surface area is 107 Å². The van der Waals surface area contributed by atoms with Crippen molar-refractivity contribution >= 4 is 7.37 Å². The van der Waals surface area contributed by atoms with Crippen LogP contribution in [0, 0.1) is 0 Å². The number of rotatable bonds is 11. The fourth-order valence-corrected chi connectivity index (χ4v) is 2.96. The highest BCUT2D eigenvalue weighted by atomic mass is 31.2. The molecule has 1 atom stereocenters. The third-order valence-corrected chi connectivity index (χ3v) is 5.76. The van der Waals surface area contributed by atoms with Crippen molar-refractivity contribution in [3.05, 3.63) is 12.7 Å². The van der Waals surface area contributed by atoms with Crippen molar-refractivity contribution in [2.75, 3.05) is 6.16 Å². The molecule has 0 amide bonds. The summed E-state index contributed by atoms with van der Waals surface area (Å²) < 4.78 is 11.7. The molecule has 0 aromatic heterocycles. The lowest BCUT2D eigenvalue weighted by atomic mass is 10.1. The highest BCUT2D eigenvalue weighted by Gasteiger charge is 2.21. The van der Waals surface area contributed by atoms with Crippen LogP contribution in [-0.4, -0.2) is 16.7 Å². The average Bonchev–Trinajstić information content (AvgIpc) is 2.26. The molecule has 102 valence electrons.